The second-order valence-electron chi connectivity index (χ2n) is 5.28. The molecule has 0 saturated carbocycles. The second kappa shape index (κ2) is 8.57. The van der Waals surface area contributed by atoms with Gasteiger partial charge in [-0.05, 0) is 36.8 Å². The van der Waals surface area contributed by atoms with E-state index in [9.17, 15) is 14.0 Å². The van der Waals surface area contributed by atoms with E-state index in [0.29, 0.717) is 11.4 Å². The summed E-state index contributed by atoms with van der Waals surface area (Å²) in [7, 11) is 0. The average molecular weight is 327 g/mol. The summed E-state index contributed by atoms with van der Waals surface area (Å²) in [6, 6.07) is 14.8. The molecule has 0 atom stereocenters. The van der Waals surface area contributed by atoms with Crippen LogP contribution in [0.2, 0.25) is 0 Å². The number of amides is 2. The Hall–Kier alpha value is -3.02. The maximum absolute atomic E-state index is 12.8. The van der Waals surface area contributed by atoms with Gasteiger partial charge in [0.05, 0.1) is 12.8 Å². The molecule has 24 heavy (non-hydrogen) atoms. The maximum Gasteiger partial charge on any atom is 0.244 e. The molecule has 2 aromatic carbocycles. The van der Waals surface area contributed by atoms with Gasteiger partial charge in [-0.25, -0.2) is 9.82 Å². The third-order valence-corrected chi connectivity index (χ3v) is 3.12. The Morgan fingerprint density at radius 2 is 1.67 bits per heavy atom. The number of carbonyl (C=O) groups excluding carboxylic acids is 2. The summed E-state index contributed by atoms with van der Waals surface area (Å²) < 4.78 is 12.8. The molecule has 2 N–H and O–H groups in total. The zero-order valence-electron chi connectivity index (χ0n) is 13.3. The highest BCUT2D eigenvalue weighted by atomic mass is 19.1. The van der Waals surface area contributed by atoms with Gasteiger partial charge in [-0.3, -0.25) is 9.59 Å². The van der Waals surface area contributed by atoms with E-state index >= 15 is 0 Å². The van der Waals surface area contributed by atoms with Gasteiger partial charge in [-0.1, -0.05) is 30.3 Å². The number of hydrazone groups is 1. The van der Waals surface area contributed by atoms with Gasteiger partial charge in [0, 0.05) is 11.4 Å². The van der Waals surface area contributed by atoms with Crippen LogP contribution >= 0.6 is 0 Å². The number of halogens is 1. The summed E-state index contributed by atoms with van der Waals surface area (Å²) >= 11 is 0. The van der Waals surface area contributed by atoms with Crippen molar-refractivity contribution in [2.45, 2.75) is 19.8 Å². The molecular formula is C18H18FN3O2. The highest BCUT2D eigenvalue weighted by molar-refractivity contribution is 6.05. The molecule has 6 heteroatoms. The van der Waals surface area contributed by atoms with Crippen molar-refractivity contribution in [1.29, 1.82) is 0 Å². The van der Waals surface area contributed by atoms with Crippen LogP contribution in [0.4, 0.5) is 10.1 Å². The molecular weight excluding hydrogens is 309 g/mol. The molecule has 0 radical (unpaired) electrons. The quantitative estimate of drug-likeness (QED) is 0.632. The summed E-state index contributed by atoms with van der Waals surface area (Å²) in [5.74, 6) is -0.911. The molecule has 0 spiro atoms. The molecule has 2 rings (SSSR count). The minimum Gasteiger partial charge on any atom is -0.326 e. The monoisotopic (exact) mass is 327 g/mol. The van der Waals surface area contributed by atoms with Crippen molar-refractivity contribution >= 4 is 23.2 Å². The predicted octanol–water partition coefficient (Wildman–Crippen LogP) is 2.89. The number of hydrogen-bond donors (Lipinski definition) is 2. The van der Waals surface area contributed by atoms with E-state index in [1.54, 1.807) is 6.92 Å². The fourth-order valence-electron chi connectivity index (χ4n) is 1.99. The Bertz CT molecular complexity index is 728. The van der Waals surface area contributed by atoms with Gasteiger partial charge >= 0.3 is 0 Å². The largest absolute Gasteiger partial charge is 0.326 e. The fraction of sp³-hybridized carbons (Fsp3) is 0.167. The normalized spacial score (nSPS) is 11.0. The Balaban J connectivity index is 1.79. The lowest BCUT2D eigenvalue weighted by atomic mass is 10.1. The van der Waals surface area contributed by atoms with Gasteiger partial charge in [0.15, 0.2) is 0 Å². The zero-order chi connectivity index (χ0) is 17.4. The van der Waals surface area contributed by atoms with E-state index in [1.165, 1.54) is 24.3 Å². The first-order valence-electron chi connectivity index (χ1n) is 7.44. The highest BCUT2D eigenvalue weighted by Gasteiger charge is 2.06. The van der Waals surface area contributed by atoms with E-state index < -0.39 is 0 Å². The minimum absolute atomic E-state index is 0.0307. The number of carbonyl (C=O) groups is 2. The first kappa shape index (κ1) is 17.3. The number of rotatable bonds is 6. The van der Waals surface area contributed by atoms with Crippen LogP contribution in [0.5, 0.6) is 0 Å². The molecule has 0 saturated heterocycles. The fourth-order valence-corrected chi connectivity index (χ4v) is 1.99. The third kappa shape index (κ3) is 6.00. The molecule has 0 aliphatic rings. The van der Waals surface area contributed by atoms with Crippen molar-refractivity contribution in [3.8, 4) is 0 Å². The predicted molar refractivity (Wildman–Crippen MR) is 91.0 cm³/mol. The molecule has 124 valence electrons. The van der Waals surface area contributed by atoms with Crippen LogP contribution in [-0.4, -0.2) is 17.5 Å². The van der Waals surface area contributed by atoms with Crippen LogP contribution in [0.1, 0.15) is 18.9 Å². The average Bonchev–Trinajstić information content (AvgIpc) is 2.56. The zero-order valence-corrected chi connectivity index (χ0v) is 13.3. The summed E-state index contributed by atoms with van der Waals surface area (Å²) in [5.41, 5.74) is 4.28. The summed E-state index contributed by atoms with van der Waals surface area (Å²) in [4.78, 5) is 23.6. The van der Waals surface area contributed by atoms with Gasteiger partial charge in [0.1, 0.15) is 5.82 Å². The molecule has 0 aromatic heterocycles. The van der Waals surface area contributed by atoms with E-state index in [4.69, 9.17) is 0 Å². The Labute approximate surface area is 139 Å². The van der Waals surface area contributed by atoms with Gasteiger partial charge in [-0.2, -0.15) is 5.10 Å². The van der Waals surface area contributed by atoms with Crippen LogP contribution in [0.15, 0.2) is 59.7 Å². The highest BCUT2D eigenvalue weighted by Crippen LogP contribution is 2.08. The Kier molecular flexibility index (Phi) is 6.19. The van der Waals surface area contributed by atoms with E-state index in [2.05, 4.69) is 15.8 Å². The second-order valence-corrected chi connectivity index (χ2v) is 5.28. The van der Waals surface area contributed by atoms with E-state index in [-0.39, 0.29) is 30.5 Å². The van der Waals surface area contributed by atoms with Gasteiger partial charge in [-0.15, -0.1) is 0 Å². The molecule has 0 fully saturated rings. The smallest absolute Gasteiger partial charge is 0.244 e. The lowest BCUT2D eigenvalue weighted by molar-refractivity contribution is -0.120. The summed E-state index contributed by atoms with van der Waals surface area (Å²) in [6.45, 7) is 1.65. The molecule has 0 aliphatic carbocycles. The van der Waals surface area contributed by atoms with Crippen LogP contribution in [-0.2, 0) is 16.0 Å². The molecule has 0 bridgehead atoms. The van der Waals surface area contributed by atoms with Crippen LogP contribution in [0.3, 0.4) is 0 Å². The first-order chi connectivity index (χ1) is 11.5. The standard InChI is InChI=1S/C18H18FN3O2/c1-13(11-17(23)20-16-9-7-15(19)8-10-16)21-22-18(24)12-14-5-3-2-4-6-14/h2-10H,11-12H2,1H3,(H,20,23)(H,22,24)/b21-13+. The van der Waals surface area contributed by atoms with Crippen molar-refractivity contribution in [3.63, 3.8) is 0 Å². The van der Waals surface area contributed by atoms with Crippen molar-refractivity contribution in [1.82, 2.24) is 5.43 Å². The van der Waals surface area contributed by atoms with Gasteiger partial charge in [0.25, 0.3) is 0 Å². The van der Waals surface area contributed by atoms with Crippen molar-refractivity contribution in [2.24, 2.45) is 5.10 Å². The molecule has 2 aromatic rings. The lowest BCUT2D eigenvalue weighted by Gasteiger charge is -2.05. The lowest BCUT2D eigenvalue weighted by Crippen LogP contribution is -2.22. The van der Waals surface area contributed by atoms with Crippen LogP contribution in [0, 0.1) is 5.82 Å². The SMILES string of the molecule is C/C(CC(=O)Nc1ccc(F)cc1)=N\NC(=O)Cc1ccccc1. The van der Waals surface area contributed by atoms with Gasteiger partial charge in [0.2, 0.25) is 11.8 Å². The summed E-state index contributed by atoms with van der Waals surface area (Å²) in [5, 5.41) is 6.54. The number of anilines is 1. The molecule has 0 unspecified atom stereocenters. The number of nitrogens with one attached hydrogen (secondary N) is 2. The topological polar surface area (TPSA) is 70.6 Å². The van der Waals surface area contributed by atoms with Crippen molar-refractivity contribution in [2.75, 3.05) is 5.32 Å². The minimum atomic E-state index is -0.369. The van der Waals surface area contributed by atoms with Crippen molar-refractivity contribution in [3.05, 3.63) is 66.0 Å². The number of hydrogen-bond acceptors (Lipinski definition) is 3. The van der Waals surface area contributed by atoms with E-state index in [0.717, 1.165) is 5.56 Å². The molecule has 2 amide bonds. The number of benzene rings is 2. The maximum atomic E-state index is 12.8. The van der Waals surface area contributed by atoms with E-state index in [1.807, 2.05) is 30.3 Å². The molecule has 0 heterocycles. The van der Waals surface area contributed by atoms with Crippen LogP contribution < -0.4 is 10.7 Å². The van der Waals surface area contributed by atoms with Crippen LogP contribution in [0.25, 0.3) is 0 Å². The Morgan fingerprint density at radius 1 is 1.00 bits per heavy atom. The molecule has 5 nitrogen and oxygen atoms in total. The van der Waals surface area contributed by atoms with Gasteiger partial charge < -0.3 is 5.32 Å². The number of nitrogens with zero attached hydrogens (tertiary/aromatic N) is 1. The first-order valence-corrected chi connectivity index (χ1v) is 7.44. The third-order valence-electron chi connectivity index (χ3n) is 3.12. The Morgan fingerprint density at radius 3 is 2.33 bits per heavy atom. The molecule has 0 aliphatic heterocycles. The van der Waals surface area contributed by atoms with Crippen molar-refractivity contribution < 1.29 is 14.0 Å². The summed E-state index contributed by atoms with van der Waals surface area (Å²) in [6.07, 6.45) is 0.252.